The van der Waals surface area contributed by atoms with Gasteiger partial charge in [0.15, 0.2) is 0 Å². The molecule has 4 N–H and O–H groups in total. The largest absolute Gasteiger partial charge is 0.481 e. The number of fused-ring (bicyclic) bond motifs is 5. The fraction of sp³-hybridized carbons (Fsp3) is 0.958. The summed E-state index contributed by atoms with van der Waals surface area (Å²) in [7, 11) is 0. The Bertz CT molecular complexity index is 637. The van der Waals surface area contributed by atoms with Crippen molar-refractivity contribution >= 4 is 5.97 Å². The third kappa shape index (κ3) is 3.27. The first-order chi connectivity index (χ1) is 13.6. The molecule has 166 valence electrons. The summed E-state index contributed by atoms with van der Waals surface area (Å²) in [4.78, 5) is 11.1. The van der Waals surface area contributed by atoms with Gasteiger partial charge < -0.3 is 20.4 Å². The number of hydrogen-bond donors (Lipinski definition) is 4. The smallest absolute Gasteiger partial charge is 0.303 e. The lowest BCUT2D eigenvalue weighted by molar-refractivity contribution is -0.207. The summed E-state index contributed by atoms with van der Waals surface area (Å²) in [6.07, 6.45) is 6.00. The number of rotatable bonds is 4. The quantitative estimate of drug-likeness (QED) is 0.571. The zero-order valence-corrected chi connectivity index (χ0v) is 18.3. The molecule has 0 aliphatic heterocycles. The van der Waals surface area contributed by atoms with Crippen molar-refractivity contribution in [3.8, 4) is 0 Å². The highest BCUT2D eigenvalue weighted by Gasteiger charge is 2.65. The summed E-state index contributed by atoms with van der Waals surface area (Å²) in [5.41, 5.74) is -0.143. The Hall–Kier alpha value is -0.650. The molecule has 5 heteroatoms. The van der Waals surface area contributed by atoms with Crippen molar-refractivity contribution in [3.05, 3.63) is 0 Å². The van der Waals surface area contributed by atoms with Crippen LogP contribution >= 0.6 is 0 Å². The number of aliphatic hydroxyl groups is 3. The second-order valence-corrected chi connectivity index (χ2v) is 11.4. The third-order valence-electron chi connectivity index (χ3n) is 10.3. The average Bonchev–Trinajstić information content (AvgIpc) is 3.01. The van der Waals surface area contributed by atoms with Crippen LogP contribution in [0.2, 0.25) is 0 Å². The van der Waals surface area contributed by atoms with E-state index in [2.05, 4.69) is 20.8 Å². The van der Waals surface area contributed by atoms with E-state index < -0.39 is 12.1 Å². The van der Waals surface area contributed by atoms with Crippen molar-refractivity contribution in [1.82, 2.24) is 0 Å². The Labute approximate surface area is 174 Å². The van der Waals surface area contributed by atoms with Crippen molar-refractivity contribution in [1.29, 1.82) is 0 Å². The monoisotopic (exact) mass is 408 g/mol. The summed E-state index contributed by atoms with van der Waals surface area (Å²) in [6.45, 7) is 6.72. The van der Waals surface area contributed by atoms with Crippen LogP contribution in [-0.2, 0) is 4.79 Å². The third-order valence-corrected chi connectivity index (χ3v) is 10.3. The van der Waals surface area contributed by atoms with Gasteiger partial charge in [0, 0.05) is 6.42 Å². The van der Waals surface area contributed by atoms with Gasteiger partial charge >= 0.3 is 5.97 Å². The first kappa shape index (κ1) is 21.6. The highest BCUT2D eigenvalue weighted by molar-refractivity contribution is 5.66. The van der Waals surface area contributed by atoms with Crippen molar-refractivity contribution in [3.63, 3.8) is 0 Å². The second kappa shape index (κ2) is 7.49. The molecule has 0 spiro atoms. The summed E-state index contributed by atoms with van der Waals surface area (Å²) < 4.78 is 0. The highest BCUT2D eigenvalue weighted by Crippen LogP contribution is 2.68. The van der Waals surface area contributed by atoms with E-state index >= 15 is 0 Å². The lowest BCUT2D eigenvalue weighted by atomic mass is 9.43. The van der Waals surface area contributed by atoms with Crippen LogP contribution in [0.5, 0.6) is 0 Å². The van der Waals surface area contributed by atoms with Gasteiger partial charge in [-0.1, -0.05) is 20.8 Å². The molecule has 0 amide bonds. The van der Waals surface area contributed by atoms with E-state index in [1.807, 2.05) is 0 Å². The molecule has 11 atom stereocenters. The van der Waals surface area contributed by atoms with Crippen molar-refractivity contribution in [2.24, 2.45) is 46.3 Å². The van der Waals surface area contributed by atoms with Crippen LogP contribution in [0.3, 0.4) is 0 Å². The summed E-state index contributed by atoms with van der Waals surface area (Å²) in [6, 6.07) is 0. The molecule has 4 aliphatic carbocycles. The molecule has 0 bridgehead atoms. The van der Waals surface area contributed by atoms with Crippen LogP contribution in [0.4, 0.5) is 0 Å². The van der Waals surface area contributed by atoms with Crippen LogP contribution in [0.1, 0.15) is 78.6 Å². The molecule has 0 unspecified atom stereocenters. The van der Waals surface area contributed by atoms with Gasteiger partial charge in [-0.3, -0.25) is 4.79 Å². The van der Waals surface area contributed by atoms with Crippen molar-refractivity contribution in [2.45, 2.75) is 96.9 Å². The normalized spacial score (nSPS) is 52.9. The molecule has 0 aromatic carbocycles. The highest BCUT2D eigenvalue weighted by atomic mass is 16.4. The first-order valence-electron chi connectivity index (χ1n) is 11.8. The minimum absolute atomic E-state index is 0.0957. The standard InChI is InChI=1S/C24H40O5/c1-13(4-7-21(28)29)16-5-6-17-22-18(12-20(27)24(16,17)3)23(2)9-8-15(25)10-14(23)11-19(22)26/h13-20,22,25-27H,4-12H2,1-3H3,(H,28,29)/t13-,14+,15-,16+,17-,18+,19-,20+,22-,23-,24+/m0/s1. The number of carboxylic acid groups (broad SMARTS) is 1. The zero-order chi connectivity index (χ0) is 21.1. The predicted octanol–water partition coefficient (Wildman–Crippen LogP) is 3.45. The minimum atomic E-state index is -0.748. The van der Waals surface area contributed by atoms with Crippen LogP contribution in [0.25, 0.3) is 0 Å². The molecule has 4 saturated carbocycles. The second-order valence-electron chi connectivity index (χ2n) is 11.4. The van der Waals surface area contributed by atoms with Gasteiger partial charge in [0.25, 0.3) is 0 Å². The van der Waals surface area contributed by atoms with E-state index in [0.717, 1.165) is 44.9 Å². The maximum absolute atomic E-state index is 11.5. The van der Waals surface area contributed by atoms with Gasteiger partial charge in [0.1, 0.15) is 0 Å². The zero-order valence-electron chi connectivity index (χ0n) is 18.3. The van der Waals surface area contributed by atoms with Gasteiger partial charge in [-0.15, -0.1) is 0 Å². The molecule has 0 heterocycles. The fourth-order valence-electron chi connectivity index (χ4n) is 8.68. The van der Waals surface area contributed by atoms with Gasteiger partial charge in [0.05, 0.1) is 18.3 Å². The molecule has 4 fully saturated rings. The molecule has 0 saturated heterocycles. The van der Waals surface area contributed by atoms with Gasteiger partial charge in [-0.05, 0) is 97.7 Å². The fourth-order valence-corrected chi connectivity index (χ4v) is 8.68. The molecular formula is C24H40O5. The molecule has 5 nitrogen and oxygen atoms in total. The van der Waals surface area contributed by atoms with Crippen LogP contribution in [-0.4, -0.2) is 44.7 Å². The van der Waals surface area contributed by atoms with E-state index in [0.29, 0.717) is 30.1 Å². The van der Waals surface area contributed by atoms with E-state index in [-0.39, 0.29) is 41.3 Å². The SMILES string of the molecule is C[C@@H](CCC(=O)O)[C@H]1CC[C@H]2[C@H]3[C@@H](C[C@@H](O)[C@]12C)[C@@]1(C)CC[C@H](O)C[C@@H]1C[C@@H]3O. The number of hydrogen-bond acceptors (Lipinski definition) is 4. The minimum Gasteiger partial charge on any atom is -0.481 e. The molecule has 0 aromatic rings. The summed E-state index contributed by atoms with van der Waals surface area (Å²) in [5.74, 6) is 0.997. The number of carbonyl (C=O) groups is 1. The maximum atomic E-state index is 11.5. The molecule has 4 rings (SSSR count). The number of aliphatic hydroxyl groups excluding tert-OH is 3. The topological polar surface area (TPSA) is 98.0 Å². The molecule has 0 aromatic heterocycles. The average molecular weight is 409 g/mol. The number of aliphatic carboxylic acids is 1. The Morgan fingerprint density at radius 2 is 1.76 bits per heavy atom. The molecule has 0 radical (unpaired) electrons. The lowest BCUT2D eigenvalue weighted by Crippen LogP contribution is -2.62. The Balaban J connectivity index is 1.61. The predicted molar refractivity (Wildman–Crippen MR) is 110 cm³/mol. The summed E-state index contributed by atoms with van der Waals surface area (Å²) >= 11 is 0. The van der Waals surface area contributed by atoms with E-state index in [1.54, 1.807) is 0 Å². The summed E-state index contributed by atoms with van der Waals surface area (Å²) in [5, 5.41) is 42.0. The van der Waals surface area contributed by atoms with E-state index in [1.165, 1.54) is 0 Å². The molecule has 4 aliphatic rings. The van der Waals surface area contributed by atoms with Gasteiger partial charge in [-0.25, -0.2) is 0 Å². The lowest BCUT2D eigenvalue weighted by Gasteiger charge is -2.63. The maximum Gasteiger partial charge on any atom is 0.303 e. The van der Waals surface area contributed by atoms with E-state index in [4.69, 9.17) is 5.11 Å². The first-order valence-corrected chi connectivity index (χ1v) is 11.8. The Morgan fingerprint density at radius 1 is 1.03 bits per heavy atom. The van der Waals surface area contributed by atoms with Gasteiger partial charge in [0.2, 0.25) is 0 Å². The Kier molecular flexibility index (Phi) is 5.57. The van der Waals surface area contributed by atoms with E-state index in [9.17, 15) is 20.1 Å². The molecule has 29 heavy (non-hydrogen) atoms. The van der Waals surface area contributed by atoms with Crippen LogP contribution in [0.15, 0.2) is 0 Å². The molecular weight excluding hydrogens is 368 g/mol. The van der Waals surface area contributed by atoms with Gasteiger partial charge in [-0.2, -0.15) is 0 Å². The van der Waals surface area contributed by atoms with Crippen LogP contribution in [0, 0.1) is 46.3 Å². The van der Waals surface area contributed by atoms with Crippen molar-refractivity contribution < 1.29 is 25.2 Å². The number of carboxylic acids is 1. The van der Waals surface area contributed by atoms with Crippen LogP contribution < -0.4 is 0 Å². The Morgan fingerprint density at radius 3 is 2.45 bits per heavy atom. The van der Waals surface area contributed by atoms with Crippen molar-refractivity contribution in [2.75, 3.05) is 0 Å².